The van der Waals surface area contributed by atoms with Crippen LogP contribution in [0.25, 0.3) is 0 Å². The minimum atomic E-state index is -0.895. The number of rotatable bonds is 7. The molecule has 0 bridgehead atoms. The van der Waals surface area contributed by atoms with Crippen molar-refractivity contribution in [2.24, 2.45) is 0 Å². The topological polar surface area (TPSA) is 49.3 Å². The molecule has 0 aliphatic heterocycles. The lowest BCUT2D eigenvalue weighted by molar-refractivity contribution is -0.122. The number of thioether (sulfide) groups is 1. The smallest absolute Gasteiger partial charge is 0.220 e. The Hall–Kier alpha value is -1.07. The van der Waals surface area contributed by atoms with Gasteiger partial charge in [-0.3, -0.25) is 4.79 Å². The van der Waals surface area contributed by atoms with Gasteiger partial charge in [-0.2, -0.15) is 11.8 Å². The van der Waals surface area contributed by atoms with Crippen molar-refractivity contribution in [3.8, 4) is 0 Å². The number of carbonyl (C=O) groups excluding carboxylic acids is 1. The summed E-state index contributed by atoms with van der Waals surface area (Å²) in [7, 11) is 0. The van der Waals surface area contributed by atoms with E-state index in [2.05, 4.69) is 5.32 Å². The Bertz CT molecular complexity index is 434. The molecule has 0 radical (unpaired) electrons. The Morgan fingerprint density at radius 1 is 1.45 bits per heavy atom. The van der Waals surface area contributed by atoms with Gasteiger partial charge in [0.15, 0.2) is 0 Å². The molecule has 1 aromatic carbocycles. The highest BCUT2D eigenvalue weighted by Crippen LogP contribution is 2.19. The van der Waals surface area contributed by atoms with Crippen molar-refractivity contribution in [2.75, 3.05) is 18.6 Å². The monoisotopic (exact) mass is 299 g/mol. The van der Waals surface area contributed by atoms with Crippen LogP contribution < -0.4 is 5.32 Å². The van der Waals surface area contributed by atoms with Gasteiger partial charge in [0.25, 0.3) is 0 Å². The summed E-state index contributed by atoms with van der Waals surface area (Å²) in [6.45, 7) is 3.86. The second kappa shape index (κ2) is 7.64. The molecule has 5 heteroatoms. The molecule has 3 nitrogen and oxygen atoms in total. The fraction of sp³-hybridized carbons (Fsp3) is 0.533. The first-order chi connectivity index (χ1) is 9.34. The second-order valence-electron chi connectivity index (χ2n) is 5.36. The third kappa shape index (κ3) is 5.92. The molecule has 20 heavy (non-hydrogen) atoms. The maximum absolute atomic E-state index is 12.8. The maximum atomic E-state index is 12.8. The number of nitrogens with one attached hydrogen (secondary N) is 1. The van der Waals surface area contributed by atoms with Gasteiger partial charge in [0, 0.05) is 18.7 Å². The third-order valence-corrected chi connectivity index (χ3v) is 3.96. The van der Waals surface area contributed by atoms with Crippen LogP contribution >= 0.6 is 11.8 Å². The minimum Gasteiger partial charge on any atom is -0.387 e. The summed E-state index contributed by atoms with van der Waals surface area (Å²) in [5.74, 6) is 0.198. The lowest BCUT2D eigenvalue weighted by atomic mass is 9.97. The van der Waals surface area contributed by atoms with E-state index in [1.165, 1.54) is 23.9 Å². The van der Waals surface area contributed by atoms with E-state index in [0.717, 1.165) is 5.56 Å². The molecule has 0 aromatic heterocycles. The van der Waals surface area contributed by atoms with E-state index < -0.39 is 5.60 Å². The number of halogens is 1. The molecule has 0 saturated carbocycles. The van der Waals surface area contributed by atoms with Crippen LogP contribution in [0.4, 0.5) is 4.39 Å². The normalized spacial score (nSPS) is 15.4. The summed E-state index contributed by atoms with van der Waals surface area (Å²) >= 11 is 1.54. The number of hydrogen-bond acceptors (Lipinski definition) is 3. The maximum Gasteiger partial charge on any atom is 0.220 e. The summed E-state index contributed by atoms with van der Waals surface area (Å²) in [4.78, 5) is 11.8. The van der Waals surface area contributed by atoms with Crippen LogP contribution in [-0.2, 0) is 4.79 Å². The molecule has 0 saturated heterocycles. The molecular formula is C15H22FNO2S. The zero-order chi connectivity index (χ0) is 15.2. The quantitative estimate of drug-likeness (QED) is 0.813. The van der Waals surface area contributed by atoms with Gasteiger partial charge < -0.3 is 10.4 Å². The van der Waals surface area contributed by atoms with Gasteiger partial charge in [0.1, 0.15) is 5.82 Å². The van der Waals surface area contributed by atoms with Gasteiger partial charge in [0.05, 0.1) is 5.60 Å². The van der Waals surface area contributed by atoms with Crippen molar-refractivity contribution in [3.63, 3.8) is 0 Å². The SMILES string of the molecule is CSCC(C)(O)CNC(=O)CC(C)c1ccc(F)cc1. The minimum absolute atomic E-state index is 0.0149. The van der Waals surface area contributed by atoms with Gasteiger partial charge in [0.2, 0.25) is 5.91 Å². The highest BCUT2D eigenvalue weighted by atomic mass is 32.2. The van der Waals surface area contributed by atoms with Crippen LogP contribution in [0.15, 0.2) is 24.3 Å². The van der Waals surface area contributed by atoms with Gasteiger partial charge in [-0.25, -0.2) is 4.39 Å². The Morgan fingerprint density at radius 2 is 2.05 bits per heavy atom. The lowest BCUT2D eigenvalue weighted by Gasteiger charge is -2.23. The Kier molecular flexibility index (Phi) is 6.49. The molecule has 0 fully saturated rings. The first kappa shape index (κ1) is 17.0. The summed E-state index contributed by atoms with van der Waals surface area (Å²) in [6.07, 6.45) is 2.23. The molecule has 0 aliphatic carbocycles. The molecule has 1 amide bonds. The number of aliphatic hydroxyl groups is 1. The summed E-state index contributed by atoms with van der Waals surface area (Å²) in [6, 6.07) is 6.17. The number of benzene rings is 1. The fourth-order valence-corrected chi connectivity index (χ4v) is 2.63. The van der Waals surface area contributed by atoms with E-state index in [-0.39, 0.29) is 24.2 Å². The average molecular weight is 299 g/mol. The van der Waals surface area contributed by atoms with E-state index >= 15 is 0 Å². The van der Waals surface area contributed by atoms with E-state index in [9.17, 15) is 14.3 Å². The first-order valence-corrected chi connectivity index (χ1v) is 7.97. The average Bonchev–Trinajstić information content (AvgIpc) is 2.37. The number of hydrogen-bond donors (Lipinski definition) is 2. The van der Waals surface area contributed by atoms with Crippen LogP contribution in [0.1, 0.15) is 31.7 Å². The third-order valence-electron chi connectivity index (χ3n) is 3.05. The van der Waals surface area contributed by atoms with Gasteiger partial charge in [-0.15, -0.1) is 0 Å². The van der Waals surface area contributed by atoms with E-state index in [1.54, 1.807) is 19.1 Å². The molecule has 1 aromatic rings. The molecule has 0 spiro atoms. The molecule has 0 heterocycles. The van der Waals surface area contributed by atoms with Crippen LogP contribution in [0.5, 0.6) is 0 Å². The lowest BCUT2D eigenvalue weighted by Crippen LogP contribution is -2.42. The van der Waals surface area contributed by atoms with Crippen LogP contribution in [0, 0.1) is 5.82 Å². The van der Waals surface area contributed by atoms with Crippen molar-refractivity contribution in [1.82, 2.24) is 5.32 Å². The van der Waals surface area contributed by atoms with Crippen molar-refractivity contribution in [2.45, 2.75) is 31.8 Å². The van der Waals surface area contributed by atoms with Crippen molar-refractivity contribution < 1.29 is 14.3 Å². The summed E-state index contributed by atoms with van der Waals surface area (Å²) in [5.41, 5.74) is 0.0335. The zero-order valence-electron chi connectivity index (χ0n) is 12.1. The standard InChI is InChI=1S/C15H22FNO2S/c1-11(12-4-6-13(16)7-5-12)8-14(18)17-9-15(2,19)10-20-3/h4-7,11,19H,8-10H2,1-3H3,(H,17,18). The predicted molar refractivity (Wildman–Crippen MR) is 81.4 cm³/mol. The van der Waals surface area contributed by atoms with Crippen LogP contribution in [0.2, 0.25) is 0 Å². The second-order valence-corrected chi connectivity index (χ2v) is 6.23. The molecule has 2 N–H and O–H groups in total. The number of amides is 1. The van der Waals surface area contributed by atoms with Gasteiger partial charge in [-0.05, 0) is 36.8 Å². The zero-order valence-corrected chi connectivity index (χ0v) is 13.0. The van der Waals surface area contributed by atoms with Crippen molar-refractivity contribution in [1.29, 1.82) is 0 Å². The number of carbonyl (C=O) groups is 1. The Balaban J connectivity index is 2.44. The highest BCUT2D eigenvalue weighted by molar-refractivity contribution is 7.98. The van der Waals surface area contributed by atoms with E-state index in [1.807, 2.05) is 13.2 Å². The van der Waals surface area contributed by atoms with E-state index in [4.69, 9.17) is 0 Å². The summed E-state index contributed by atoms with van der Waals surface area (Å²) < 4.78 is 12.8. The largest absolute Gasteiger partial charge is 0.387 e. The highest BCUT2D eigenvalue weighted by Gasteiger charge is 2.21. The molecule has 2 atom stereocenters. The van der Waals surface area contributed by atoms with Gasteiger partial charge in [-0.1, -0.05) is 19.1 Å². The predicted octanol–water partition coefficient (Wildman–Crippen LogP) is 2.55. The molecule has 112 valence electrons. The Morgan fingerprint density at radius 3 is 2.60 bits per heavy atom. The molecular weight excluding hydrogens is 277 g/mol. The fourth-order valence-electron chi connectivity index (χ4n) is 1.91. The van der Waals surface area contributed by atoms with Crippen LogP contribution in [0.3, 0.4) is 0 Å². The van der Waals surface area contributed by atoms with Gasteiger partial charge >= 0.3 is 0 Å². The first-order valence-electron chi connectivity index (χ1n) is 6.57. The summed E-state index contributed by atoms with van der Waals surface area (Å²) in [5, 5.41) is 12.7. The van der Waals surface area contributed by atoms with E-state index in [0.29, 0.717) is 12.2 Å². The molecule has 1 rings (SSSR count). The Labute approximate surface area is 124 Å². The molecule has 0 aliphatic rings. The van der Waals surface area contributed by atoms with Crippen LogP contribution in [-0.4, -0.2) is 35.2 Å². The van der Waals surface area contributed by atoms with Crippen molar-refractivity contribution in [3.05, 3.63) is 35.6 Å². The molecule has 2 unspecified atom stereocenters. The van der Waals surface area contributed by atoms with Crippen molar-refractivity contribution >= 4 is 17.7 Å².